The van der Waals surface area contributed by atoms with Gasteiger partial charge in [-0.25, -0.2) is 0 Å². The maximum Gasteiger partial charge on any atom is 0.251 e. The lowest BCUT2D eigenvalue weighted by molar-refractivity contribution is 0.0953. The summed E-state index contributed by atoms with van der Waals surface area (Å²) in [6.45, 7) is 5.12. The van der Waals surface area contributed by atoms with E-state index in [9.17, 15) is 4.79 Å². The normalized spacial score (nSPS) is 10.6. The van der Waals surface area contributed by atoms with E-state index >= 15 is 0 Å². The summed E-state index contributed by atoms with van der Waals surface area (Å²) in [5.41, 5.74) is 1.55. The molecule has 0 unspecified atom stereocenters. The maximum atomic E-state index is 12.4. The minimum absolute atomic E-state index is 0.209. The van der Waals surface area contributed by atoms with E-state index in [1.165, 1.54) is 7.11 Å². The molecule has 0 saturated heterocycles. The van der Waals surface area contributed by atoms with E-state index in [-0.39, 0.29) is 5.91 Å². The van der Waals surface area contributed by atoms with Crippen LogP contribution in [0.2, 0.25) is 5.02 Å². The molecule has 0 bridgehead atoms. The van der Waals surface area contributed by atoms with Crippen molar-refractivity contribution in [2.45, 2.75) is 20.3 Å². The maximum absolute atomic E-state index is 12.4. The van der Waals surface area contributed by atoms with Gasteiger partial charge in [-0.1, -0.05) is 37.6 Å². The molecule has 5 nitrogen and oxygen atoms in total. The number of carbonyl (C=O) groups is 1. The minimum Gasteiger partial charge on any atom is -0.497 e. The van der Waals surface area contributed by atoms with Crippen molar-refractivity contribution in [3.63, 3.8) is 0 Å². The summed E-state index contributed by atoms with van der Waals surface area (Å²) in [6.07, 6.45) is 0.718. The van der Waals surface area contributed by atoms with Crippen LogP contribution in [0.25, 0.3) is 0 Å². The van der Waals surface area contributed by atoms with Gasteiger partial charge in [0.05, 0.1) is 25.8 Å². The van der Waals surface area contributed by atoms with Gasteiger partial charge in [-0.15, -0.1) is 0 Å². The Morgan fingerprint density at radius 3 is 2.41 bits per heavy atom. The highest BCUT2D eigenvalue weighted by molar-refractivity contribution is 6.32. The Balaban J connectivity index is 1.99. The Labute approximate surface area is 165 Å². The molecule has 0 spiro atoms. The fraction of sp³-hybridized carbons (Fsp3) is 0.381. The molecule has 0 saturated carbocycles. The first-order valence-electron chi connectivity index (χ1n) is 8.86. The van der Waals surface area contributed by atoms with Gasteiger partial charge in [0.15, 0.2) is 11.5 Å². The molecule has 6 heteroatoms. The van der Waals surface area contributed by atoms with Crippen LogP contribution in [0.1, 0.15) is 29.8 Å². The Morgan fingerprint density at radius 1 is 1.11 bits per heavy atom. The van der Waals surface area contributed by atoms with Crippen LogP contribution in [0.3, 0.4) is 0 Å². The minimum atomic E-state index is -0.209. The SMILES string of the molecule is COc1ccc(CCNC(=O)c2cc(Cl)c(OCC(C)C)c(OC)c2)cc1. The van der Waals surface area contributed by atoms with E-state index < -0.39 is 0 Å². The summed E-state index contributed by atoms with van der Waals surface area (Å²) < 4.78 is 16.2. The van der Waals surface area contributed by atoms with Gasteiger partial charge in [0, 0.05) is 12.1 Å². The second kappa shape index (κ2) is 10.1. The van der Waals surface area contributed by atoms with Crippen molar-refractivity contribution in [2.24, 2.45) is 5.92 Å². The summed E-state index contributed by atoms with van der Waals surface area (Å²) >= 11 is 6.30. The van der Waals surface area contributed by atoms with Crippen molar-refractivity contribution in [1.29, 1.82) is 0 Å². The van der Waals surface area contributed by atoms with Gasteiger partial charge in [-0.3, -0.25) is 4.79 Å². The highest BCUT2D eigenvalue weighted by Crippen LogP contribution is 2.36. The van der Waals surface area contributed by atoms with Gasteiger partial charge in [0.25, 0.3) is 5.91 Å². The topological polar surface area (TPSA) is 56.8 Å². The average Bonchev–Trinajstić information content (AvgIpc) is 2.66. The number of ether oxygens (including phenoxy) is 3. The molecule has 0 radical (unpaired) electrons. The molecule has 0 heterocycles. The zero-order chi connectivity index (χ0) is 19.8. The van der Waals surface area contributed by atoms with Gasteiger partial charge in [0.1, 0.15) is 5.75 Å². The van der Waals surface area contributed by atoms with Crippen molar-refractivity contribution in [1.82, 2.24) is 5.32 Å². The number of amides is 1. The fourth-order valence-electron chi connectivity index (χ4n) is 2.46. The molecule has 0 aromatic heterocycles. The largest absolute Gasteiger partial charge is 0.497 e. The third kappa shape index (κ3) is 6.07. The summed E-state index contributed by atoms with van der Waals surface area (Å²) in [6, 6.07) is 11.0. The molecular weight excluding hydrogens is 366 g/mol. The van der Waals surface area contributed by atoms with Crippen molar-refractivity contribution >= 4 is 17.5 Å². The summed E-state index contributed by atoms with van der Waals surface area (Å²) in [7, 11) is 3.16. The lowest BCUT2D eigenvalue weighted by Crippen LogP contribution is -2.25. The van der Waals surface area contributed by atoms with E-state index in [2.05, 4.69) is 5.32 Å². The number of carbonyl (C=O) groups excluding carboxylic acids is 1. The van der Waals surface area contributed by atoms with Crippen LogP contribution in [0.15, 0.2) is 36.4 Å². The zero-order valence-electron chi connectivity index (χ0n) is 16.2. The third-order valence-corrected chi connectivity index (χ3v) is 4.19. The van der Waals surface area contributed by atoms with E-state index in [1.54, 1.807) is 19.2 Å². The molecule has 1 amide bonds. The first-order valence-corrected chi connectivity index (χ1v) is 9.23. The number of hydrogen-bond acceptors (Lipinski definition) is 4. The molecule has 0 aliphatic carbocycles. The van der Waals surface area contributed by atoms with Crippen molar-refractivity contribution in [2.75, 3.05) is 27.4 Å². The molecule has 0 atom stereocenters. The van der Waals surface area contributed by atoms with Crippen LogP contribution in [0.4, 0.5) is 0 Å². The summed E-state index contributed by atoms with van der Waals surface area (Å²) in [5, 5.41) is 3.26. The number of nitrogens with one attached hydrogen (secondary N) is 1. The Morgan fingerprint density at radius 2 is 1.81 bits per heavy atom. The molecule has 2 rings (SSSR count). The van der Waals surface area contributed by atoms with Gasteiger partial charge < -0.3 is 19.5 Å². The Hall–Kier alpha value is -2.40. The van der Waals surface area contributed by atoms with Gasteiger partial charge in [-0.05, 0) is 42.2 Å². The first-order chi connectivity index (χ1) is 12.9. The molecule has 0 fully saturated rings. The molecule has 27 heavy (non-hydrogen) atoms. The molecular formula is C21H26ClNO4. The predicted octanol–water partition coefficient (Wildman–Crippen LogP) is 4.36. The van der Waals surface area contributed by atoms with Crippen LogP contribution in [0.5, 0.6) is 17.2 Å². The molecule has 1 N–H and O–H groups in total. The molecule has 146 valence electrons. The lowest BCUT2D eigenvalue weighted by Gasteiger charge is -2.15. The van der Waals surface area contributed by atoms with E-state index in [1.807, 2.05) is 38.1 Å². The third-order valence-electron chi connectivity index (χ3n) is 3.91. The van der Waals surface area contributed by atoms with Gasteiger partial charge in [0.2, 0.25) is 0 Å². The number of halogens is 1. The quantitative estimate of drug-likeness (QED) is 0.689. The molecule has 2 aromatic rings. The van der Waals surface area contributed by atoms with Crippen molar-refractivity contribution in [3.05, 3.63) is 52.5 Å². The van der Waals surface area contributed by atoms with E-state index in [0.29, 0.717) is 41.2 Å². The van der Waals surface area contributed by atoms with Crippen LogP contribution in [0, 0.1) is 5.92 Å². The van der Waals surface area contributed by atoms with Crippen molar-refractivity contribution in [3.8, 4) is 17.2 Å². The average molecular weight is 392 g/mol. The van der Waals surface area contributed by atoms with Crippen LogP contribution in [-0.2, 0) is 6.42 Å². The van der Waals surface area contributed by atoms with Gasteiger partial charge in [-0.2, -0.15) is 0 Å². The standard InChI is InChI=1S/C21H26ClNO4/c1-14(2)13-27-20-18(22)11-16(12-19(20)26-4)21(24)23-10-9-15-5-7-17(25-3)8-6-15/h5-8,11-12,14H,9-10,13H2,1-4H3,(H,23,24). The summed E-state index contributed by atoms with van der Waals surface area (Å²) in [4.78, 5) is 12.4. The molecule has 0 aliphatic heterocycles. The number of hydrogen-bond donors (Lipinski definition) is 1. The highest BCUT2D eigenvalue weighted by Gasteiger charge is 2.16. The second-order valence-corrected chi connectivity index (χ2v) is 6.96. The fourth-order valence-corrected chi connectivity index (χ4v) is 2.72. The monoisotopic (exact) mass is 391 g/mol. The number of methoxy groups -OCH3 is 2. The zero-order valence-corrected chi connectivity index (χ0v) is 16.9. The number of rotatable bonds is 9. The molecule has 0 aliphatic rings. The Kier molecular flexibility index (Phi) is 7.80. The highest BCUT2D eigenvalue weighted by atomic mass is 35.5. The van der Waals surface area contributed by atoms with E-state index in [0.717, 1.165) is 17.7 Å². The Bertz CT molecular complexity index is 760. The van der Waals surface area contributed by atoms with Crippen molar-refractivity contribution < 1.29 is 19.0 Å². The van der Waals surface area contributed by atoms with E-state index in [4.69, 9.17) is 25.8 Å². The van der Waals surface area contributed by atoms with Crippen LogP contribution >= 0.6 is 11.6 Å². The lowest BCUT2D eigenvalue weighted by atomic mass is 10.1. The second-order valence-electron chi connectivity index (χ2n) is 6.55. The number of benzene rings is 2. The van der Waals surface area contributed by atoms with Gasteiger partial charge >= 0.3 is 0 Å². The van der Waals surface area contributed by atoms with Crippen LogP contribution in [-0.4, -0.2) is 33.3 Å². The smallest absolute Gasteiger partial charge is 0.251 e. The molecule has 2 aromatic carbocycles. The van der Waals surface area contributed by atoms with Crippen LogP contribution < -0.4 is 19.5 Å². The first kappa shape index (κ1) is 20.9. The predicted molar refractivity (Wildman–Crippen MR) is 107 cm³/mol. The summed E-state index contributed by atoms with van der Waals surface area (Å²) in [5.74, 6) is 1.86.